The van der Waals surface area contributed by atoms with Crippen molar-refractivity contribution in [2.24, 2.45) is 0 Å². The summed E-state index contributed by atoms with van der Waals surface area (Å²) < 4.78 is 5.94. The minimum absolute atomic E-state index is 0.345. The van der Waals surface area contributed by atoms with E-state index in [1.807, 2.05) is 30.3 Å². The van der Waals surface area contributed by atoms with Crippen LogP contribution in [0.1, 0.15) is 42.5 Å². The van der Waals surface area contributed by atoms with Crippen molar-refractivity contribution in [1.29, 1.82) is 0 Å². The Hall–Kier alpha value is -2.00. The monoisotopic (exact) mass is 413 g/mol. The van der Waals surface area contributed by atoms with Crippen LogP contribution >= 0.6 is 23.2 Å². The van der Waals surface area contributed by atoms with Gasteiger partial charge in [-0.2, -0.15) is 0 Å². The molecule has 3 aromatic carbocycles. The normalized spacial score (nSPS) is 12.0. The highest BCUT2D eigenvalue weighted by molar-refractivity contribution is 6.35. The summed E-state index contributed by atoms with van der Waals surface area (Å²) in [6.45, 7) is 3.34. The lowest BCUT2D eigenvalue weighted by Gasteiger charge is -2.19. The van der Waals surface area contributed by atoms with Crippen molar-refractivity contribution in [3.63, 3.8) is 0 Å². The number of ether oxygens (including phenoxy) is 1. The van der Waals surface area contributed by atoms with E-state index < -0.39 is 0 Å². The number of hydrogen-bond acceptors (Lipinski definition) is 2. The van der Waals surface area contributed by atoms with Crippen LogP contribution in [-0.4, -0.2) is 0 Å². The first-order chi connectivity index (χ1) is 13.7. The maximum absolute atomic E-state index is 6.23. The van der Waals surface area contributed by atoms with Crippen LogP contribution in [0.25, 0.3) is 0 Å². The molecule has 0 aliphatic carbocycles. The van der Waals surface area contributed by atoms with E-state index in [1.165, 1.54) is 11.1 Å². The third-order valence-electron chi connectivity index (χ3n) is 4.68. The minimum atomic E-state index is 0.345. The fourth-order valence-electron chi connectivity index (χ4n) is 3.17. The third kappa shape index (κ3) is 5.75. The molecule has 0 bridgehead atoms. The third-order valence-corrected chi connectivity index (χ3v) is 5.38. The van der Waals surface area contributed by atoms with Gasteiger partial charge in [0.05, 0.1) is 0 Å². The molecule has 0 spiro atoms. The molecule has 4 heteroatoms. The SMILES string of the molecule is CCCC(NCc1cccc(OCc2c(Cl)cccc2Cl)c1)c1ccccc1. The van der Waals surface area contributed by atoms with Gasteiger partial charge in [0.15, 0.2) is 0 Å². The molecular weight excluding hydrogens is 389 g/mol. The van der Waals surface area contributed by atoms with Gasteiger partial charge in [-0.1, -0.05) is 85.1 Å². The summed E-state index contributed by atoms with van der Waals surface area (Å²) in [7, 11) is 0. The summed E-state index contributed by atoms with van der Waals surface area (Å²) >= 11 is 12.5. The summed E-state index contributed by atoms with van der Waals surface area (Å²) in [5, 5.41) is 4.92. The summed E-state index contributed by atoms with van der Waals surface area (Å²) in [6, 6.07) is 24.6. The molecule has 0 amide bonds. The molecule has 1 unspecified atom stereocenters. The van der Waals surface area contributed by atoms with Gasteiger partial charge in [0.25, 0.3) is 0 Å². The second-order valence-electron chi connectivity index (χ2n) is 6.77. The van der Waals surface area contributed by atoms with Crippen molar-refractivity contribution in [2.45, 2.75) is 39.0 Å². The van der Waals surface area contributed by atoms with Gasteiger partial charge < -0.3 is 10.1 Å². The molecule has 0 aliphatic heterocycles. The van der Waals surface area contributed by atoms with Crippen LogP contribution < -0.4 is 10.1 Å². The topological polar surface area (TPSA) is 21.3 Å². The van der Waals surface area contributed by atoms with Gasteiger partial charge in [0.2, 0.25) is 0 Å². The number of nitrogens with one attached hydrogen (secondary N) is 1. The quantitative estimate of drug-likeness (QED) is 0.400. The van der Waals surface area contributed by atoms with E-state index in [2.05, 4.69) is 54.7 Å². The summed E-state index contributed by atoms with van der Waals surface area (Å²) in [5.74, 6) is 0.807. The second kappa shape index (κ2) is 10.5. The Morgan fingerprint density at radius 1 is 0.893 bits per heavy atom. The van der Waals surface area contributed by atoms with Gasteiger partial charge in [-0.15, -0.1) is 0 Å². The second-order valence-corrected chi connectivity index (χ2v) is 7.58. The van der Waals surface area contributed by atoms with Crippen molar-refractivity contribution < 1.29 is 4.74 Å². The zero-order valence-corrected chi connectivity index (χ0v) is 17.5. The first kappa shape index (κ1) is 20.7. The van der Waals surface area contributed by atoms with Crippen molar-refractivity contribution in [2.75, 3.05) is 0 Å². The number of benzene rings is 3. The molecule has 0 radical (unpaired) electrons. The lowest BCUT2D eigenvalue weighted by molar-refractivity contribution is 0.306. The van der Waals surface area contributed by atoms with E-state index in [4.69, 9.17) is 27.9 Å². The van der Waals surface area contributed by atoms with Crippen LogP contribution in [-0.2, 0) is 13.2 Å². The molecule has 1 N–H and O–H groups in total. The lowest BCUT2D eigenvalue weighted by Crippen LogP contribution is -2.20. The highest BCUT2D eigenvalue weighted by atomic mass is 35.5. The van der Waals surface area contributed by atoms with Gasteiger partial charge in [-0.3, -0.25) is 0 Å². The largest absolute Gasteiger partial charge is 0.489 e. The molecule has 0 heterocycles. The molecule has 3 rings (SSSR count). The van der Waals surface area contributed by atoms with Gasteiger partial charge in [-0.25, -0.2) is 0 Å². The van der Waals surface area contributed by atoms with Gasteiger partial charge >= 0.3 is 0 Å². The number of halogens is 2. The summed E-state index contributed by atoms with van der Waals surface area (Å²) in [4.78, 5) is 0. The highest BCUT2D eigenvalue weighted by Crippen LogP contribution is 2.26. The molecule has 146 valence electrons. The lowest BCUT2D eigenvalue weighted by atomic mass is 10.0. The molecule has 3 aromatic rings. The molecule has 2 nitrogen and oxygen atoms in total. The Morgan fingerprint density at radius 2 is 1.61 bits per heavy atom. The first-order valence-corrected chi connectivity index (χ1v) is 10.4. The van der Waals surface area contributed by atoms with E-state index in [9.17, 15) is 0 Å². The maximum Gasteiger partial charge on any atom is 0.120 e. The van der Waals surface area contributed by atoms with Gasteiger partial charge in [0.1, 0.15) is 12.4 Å². The van der Waals surface area contributed by atoms with Crippen molar-refractivity contribution in [3.8, 4) is 5.75 Å². The zero-order valence-electron chi connectivity index (χ0n) is 16.0. The van der Waals surface area contributed by atoms with Crippen LogP contribution in [0.4, 0.5) is 0 Å². The molecular formula is C24H25Cl2NO. The van der Waals surface area contributed by atoms with Crippen LogP contribution in [0, 0.1) is 0 Å². The van der Waals surface area contributed by atoms with E-state index in [1.54, 1.807) is 0 Å². The minimum Gasteiger partial charge on any atom is -0.489 e. The Bertz CT molecular complexity index is 863. The summed E-state index contributed by atoms with van der Waals surface area (Å²) in [5.41, 5.74) is 3.31. The molecule has 28 heavy (non-hydrogen) atoms. The fourth-order valence-corrected chi connectivity index (χ4v) is 3.68. The van der Waals surface area contributed by atoms with E-state index in [-0.39, 0.29) is 0 Å². The average molecular weight is 414 g/mol. The van der Waals surface area contributed by atoms with Crippen molar-refractivity contribution >= 4 is 23.2 Å². The smallest absolute Gasteiger partial charge is 0.120 e. The van der Waals surface area contributed by atoms with Gasteiger partial charge in [-0.05, 0) is 41.8 Å². The Labute approximate surface area is 177 Å². The van der Waals surface area contributed by atoms with Crippen molar-refractivity contribution in [3.05, 3.63) is 99.5 Å². The van der Waals surface area contributed by atoms with Crippen LogP contribution in [0.2, 0.25) is 10.0 Å². The highest BCUT2D eigenvalue weighted by Gasteiger charge is 2.10. The predicted molar refractivity (Wildman–Crippen MR) is 118 cm³/mol. The maximum atomic E-state index is 6.23. The summed E-state index contributed by atoms with van der Waals surface area (Å²) in [6.07, 6.45) is 2.24. The Morgan fingerprint density at radius 3 is 2.32 bits per heavy atom. The molecule has 0 aromatic heterocycles. The van der Waals surface area contributed by atoms with Crippen LogP contribution in [0.15, 0.2) is 72.8 Å². The van der Waals surface area contributed by atoms with Crippen molar-refractivity contribution in [1.82, 2.24) is 5.32 Å². The number of hydrogen-bond donors (Lipinski definition) is 1. The Kier molecular flexibility index (Phi) is 7.79. The van der Waals surface area contributed by atoms with E-state index in [0.29, 0.717) is 22.7 Å². The zero-order chi connectivity index (χ0) is 19.8. The molecule has 0 saturated heterocycles. The molecule has 0 saturated carbocycles. The van der Waals surface area contributed by atoms with Crippen LogP contribution in [0.3, 0.4) is 0 Å². The predicted octanol–water partition coefficient (Wildman–Crippen LogP) is 7.20. The first-order valence-electron chi connectivity index (χ1n) is 9.60. The van der Waals surface area contributed by atoms with Crippen LogP contribution in [0.5, 0.6) is 5.75 Å². The van der Waals surface area contributed by atoms with E-state index >= 15 is 0 Å². The van der Waals surface area contributed by atoms with Gasteiger partial charge in [0, 0.05) is 28.2 Å². The van der Waals surface area contributed by atoms with E-state index in [0.717, 1.165) is 30.7 Å². The Balaban J connectivity index is 1.63. The standard InChI is InChI=1S/C24H25Cl2NO/c1-2-8-24(19-10-4-3-5-11-19)27-16-18-9-6-12-20(15-18)28-17-21-22(25)13-7-14-23(21)26/h3-7,9-15,24,27H,2,8,16-17H2,1H3. The molecule has 1 atom stereocenters. The fraction of sp³-hybridized carbons (Fsp3) is 0.250. The molecule has 0 fully saturated rings. The molecule has 0 aliphatic rings. The number of rotatable bonds is 9. The average Bonchev–Trinajstić information content (AvgIpc) is 2.72.